The number of rotatable bonds is 3. The quantitative estimate of drug-likeness (QED) is 0.877. The zero-order chi connectivity index (χ0) is 15.5. The van der Waals surface area contributed by atoms with Crippen molar-refractivity contribution in [2.75, 3.05) is 18.4 Å². The van der Waals surface area contributed by atoms with Crippen LogP contribution in [0.1, 0.15) is 44.2 Å². The van der Waals surface area contributed by atoms with Gasteiger partial charge in [-0.25, -0.2) is 4.98 Å². The number of halogens is 1. The van der Waals surface area contributed by atoms with Gasteiger partial charge in [0.1, 0.15) is 5.82 Å². The maximum absolute atomic E-state index is 4.68. The predicted octanol–water partition coefficient (Wildman–Crippen LogP) is 4.17. The number of pyridine rings is 2. The minimum absolute atomic E-state index is 0. The fourth-order valence-electron chi connectivity index (χ4n) is 3.63. The molecule has 1 saturated heterocycles. The van der Waals surface area contributed by atoms with Crippen LogP contribution in [0.2, 0.25) is 0 Å². The number of aromatic nitrogens is 2. The molecule has 2 N–H and O–H groups in total. The number of nitrogens with one attached hydrogen (secondary N) is 2. The average molecular weight is 345 g/mol. The minimum atomic E-state index is 0. The van der Waals surface area contributed by atoms with Crippen molar-refractivity contribution in [3.05, 3.63) is 36.3 Å². The Bertz CT molecular complexity index is 722. The average Bonchev–Trinajstić information content (AvgIpc) is 2.63. The maximum atomic E-state index is 4.68. The molecule has 0 atom stereocenters. The smallest absolute Gasteiger partial charge is 0.126 e. The topological polar surface area (TPSA) is 49.8 Å². The molecule has 128 valence electrons. The monoisotopic (exact) mass is 344 g/mol. The second kappa shape index (κ2) is 7.95. The summed E-state index contributed by atoms with van der Waals surface area (Å²) in [6.45, 7) is 2.18. The van der Waals surface area contributed by atoms with Crippen molar-refractivity contribution in [1.82, 2.24) is 15.3 Å². The Labute approximate surface area is 149 Å². The summed E-state index contributed by atoms with van der Waals surface area (Å²) in [6.07, 6.45) is 13.5. The first-order chi connectivity index (χ1) is 11.4. The second-order valence-corrected chi connectivity index (χ2v) is 6.59. The van der Waals surface area contributed by atoms with E-state index in [0.29, 0.717) is 6.04 Å². The minimum Gasteiger partial charge on any atom is -0.367 e. The van der Waals surface area contributed by atoms with Crippen molar-refractivity contribution in [3.63, 3.8) is 0 Å². The van der Waals surface area contributed by atoms with Crippen LogP contribution in [0, 0.1) is 0 Å². The molecule has 1 fully saturated rings. The summed E-state index contributed by atoms with van der Waals surface area (Å²) >= 11 is 0. The van der Waals surface area contributed by atoms with E-state index in [1.54, 1.807) is 0 Å². The van der Waals surface area contributed by atoms with E-state index in [1.807, 2.05) is 12.4 Å². The van der Waals surface area contributed by atoms with Gasteiger partial charge in [0.2, 0.25) is 0 Å². The highest BCUT2D eigenvalue weighted by atomic mass is 35.5. The van der Waals surface area contributed by atoms with Gasteiger partial charge >= 0.3 is 0 Å². The van der Waals surface area contributed by atoms with Crippen LogP contribution in [0.15, 0.2) is 30.6 Å². The van der Waals surface area contributed by atoms with Gasteiger partial charge in [-0.15, -0.1) is 12.4 Å². The molecule has 5 heteroatoms. The van der Waals surface area contributed by atoms with Crippen molar-refractivity contribution in [3.8, 4) is 0 Å². The SMILES string of the molecule is C1=C(c2nccc3cnc(NC4CCNCC4)cc23)CCCC1.Cl. The molecule has 0 saturated carbocycles. The molecule has 4 nitrogen and oxygen atoms in total. The molecule has 0 unspecified atom stereocenters. The summed E-state index contributed by atoms with van der Waals surface area (Å²) in [5.41, 5.74) is 2.55. The number of fused-ring (bicyclic) bond motifs is 1. The first-order valence-corrected chi connectivity index (χ1v) is 8.81. The number of hydrogen-bond donors (Lipinski definition) is 2. The highest BCUT2D eigenvalue weighted by Crippen LogP contribution is 2.31. The Morgan fingerprint density at radius 2 is 2.00 bits per heavy atom. The molecule has 0 amide bonds. The highest BCUT2D eigenvalue weighted by molar-refractivity contribution is 5.93. The van der Waals surface area contributed by atoms with Crippen LogP contribution in [0.4, 0.5) is 5.82 Å². The molecule has 4 rings (SSSR count). The molecular weight excluding hydrogens is 320 g/mol. The molecule has 3 heterocycles. The van der Waals surface area contributed by atoms with Crippen LogP contribution >= 0.6 is 12.4 Å². The van der Waals surface area contributed by atoms with Crippen molar-refractivity contribution < 1.29 is 0 Å². The van der Waals surface area contributed by atoms with Gasteiger partial charge in [0.05, 0.1) is 5.69 Å². The van der Waals surface area contributed by atoms with Crippen LogP contribution in [0.5, 0.6) is 0 Å². The van der Waals surface area contributed by atoms with Gasteiger partial charge in [0.15, 0.2) is 0 Å². The first kappa shape index (κ1) is 17.2. The van der Waals surface area contributed by atoms with Crippen LogP contribution < -0.4 is 10.6 Å². The van der Waals surface area contributed by atoms with E-state index in [-0.39, 0.29) is 12.4 Å². The van der Waals surface area contributed by atoms with Crippen LogP contribution in [-0.2, 0) is 0 Å². The van der Waals surface area contributed by atoms with Crippen LogP contribution in [0.25, 0.3) is 16.3 Å². The lowest BCUT2D eigenvalue weighted by atomic mass is 9.94. The normalized spacial score (nSPS) is 18.8. The lowest BCUT2D eigenvalue weighted by molar-refractivity contribution is 0.478. The number of hydrogen-bond acceptors (Lipinski definition) is 4. The third-order valence-electron chi connectivity index (χ3n) is 4.93. The molecule has 24 heavy (non-hydrogen) atoms. The van der Waals surface area contributed by atoms with Gasteiger partial charge < -0.3 is 10.6 Å². The molecule has 0 bridgehead atoms. The summed E-state index contributed by atoms with van der Waals surface area (Å²) in [6, 6.07) is 4.77. The van der Waals surface area contributed by atoms with Gasteiger partial charge in [0, 0.05) is 29.2 Å². The molecule has 0 aromatic carbocycles. The summed E-state index contributed by atoms with van der Waals surface area (Å²) in [5, 5.41) is 9.42. The van der Waals surface area contributed by atoms with Gasteiger partial charge in [-0.05, 0) is 69.3 Å². The Balaban J connectivity index is 0.00000169. The third-order valence-corrected chi connectivity index (χ3v) is 4.93. The van der Waals surface area contributed by atoms with E-state index in [1.165, 1.54) is 35.6 Å². The Morgan fingerprint density at radius 3 is 2.79 bits per heavy atom. The van der Waals surface area contributed by atoms with Gasteiger partial charge in [-0.3, -0.25) is 4.98 Å². The number of anilines is 1. The molecule has 2 aliphatic rings. The zero-order valence-corrected chi connectivity index (χ0v) is 14.7. The zero-order valence-electron chi connectivity index (χ0n) is 13.9. The molecule has 0 radical (unpaired) electrons. The van der Waals surface area contributed by atoms with E-state index in [0.717, 1.165) is 43.9 Å². The summed E-state index contributed by atoms with van der Waals surface area (Å²) in [7, 11) is 0. The predicted molar refractivity (Wildman–Crippen MR) is 103 cm³/mol. The summed E-state index contributed by atoms with van der Waals surface area (Å²) in [5.74, 6) is 0.982. The fraction of sp³-hybridized carbons (Fsp3) is 0.474. The third kappa shape index (κ3) is 3.70. The largest absolute Gasteiger partial charge is 0.367 e. The number of nitrogens with zero attached hydrogens (tertiary/aromatic N) is 2. The molecule has 1 aliphatic heterocycles. The van der Waals surface area contributed by atoms with Crippen molar-refractivity contribution in [2.45, 2.75) is 44.6 Å². The van der Waals surface area contributed by atoms with E-state index >= 15 is 0 Å². The molecule has 0 spiro atoms. The van der Waals surface area contributed by atoms with Crippen LogP contribution in [0.3, 0.4) is 0 Å². The van der Waals surface area contributed by atoms with E-state index in [9.17, 15) is 0 Å². The molecule has 2 aromatic heterocycles. The second-order valence-electron chi connectivity index (χ2n) is 6.59. The van der Waals surface area contributed by atoms with E-state index < -0.39 is 0 Å². The van der Waals surface area contributed by atoms with E-state index in [2.05, 4.69) is 38.8 Å². The van der Waals surface area contributed by atoms with Gasteiger partial charge in [-0.2, -0.15) is 0 Å². The van der Waals surface area contributed by atoms with Crippen molar-refractivity contribution in [1.29, 1.82) is 0 Å². The summed E-state index contributed by atoms with van der Waals surface area (Å²) < 4.78 is 0. The van der Waals surface area contributed by atoms with Gasteiger partial charge in [0.25, 0.3) is 0 Å². The number of piperidine rings is 1. The fourth-order valence-corrected chi connectivity index (χ4v) is 3.63. The first-order valence-electron chi connectivity index (χ1n) is 8.81. The van der Waals surface area contributed by atoms with E-state index in [4.69, 9.17) is 0 Å². The Morgan fingerprint density at radius 1 is 1.12 bits per heavy atom. The maximum Gasteiger partial charge on any atom is 0.126 e. The molecule has 1 aliphatic carbocycles. The lowest BCUT2D eigenvalue weighted by Gasteiger charge is -2.24. The van der Waals surface area contributed by atoms with Crippen molar-refractivity contribution in [2.24, 2.45) is 0 Å². The lowest BCUT2D eigenvalue weighted by Crippen LogP contribution is -2.35. The standard InChI is InChI=1S/C19H24N4.ClH/c1-2-4-14(5-3-1)19-17-12-18(22-13-15(17)6-11-21-19)23-16-7-9-20-10-8-16;/h4,6,11-13,16,20H,1-3,5,7-10H2,(H,22,23);1H. The molecular formula is C19H25ClN4. The molecule has 2 aromatic rings. The summed E-state index contributed by atoms with van der Waals surface area (Å²) in [4.78, 5) is 9.29. The Kier molecular flexibility index (Phi) is 5.69. The highest BCUT2D eigenvalue weighted by Gasteiger charge is 2.15. The van der Waals surface area contributed by atoms with Crippen molar-refractivity contribution >= 4 is 34.6 Å². The van der Waals surface area contributed by atoms with Crippen LogP contribution in [-0.4, -0.2) is 29.1 Å². The number of allylic oxidation sites excluding steroid dienone is 2. The Hall–Kier alpha value is -1.65. The van der Waals surface area contributed by atoms with Gasteiger partial charge in [-0.1, -0.05) is 6.08 Å².